The molecular formula is C15H22N2O. The second-order valence-corrected chi connectivity index (χ2v) is 5.60. The molecule has 3 N–H and O–H groups in total. The third-order valence-electron chi connectivity index (χ3n) is 3.91. The maximum Gasteiger partial charge on any atom is 0.251 e. The zero-order chi connectivity index (χ0) is 13.0. The van der Waals surface area contributed by atoms with Crippen LogP contribution in [-0.2, 0) is 6.54 Å². The van der Waals surface area contributed by atoms with Gasteiger partial charge in [0.2, 0.25) is 0 Å². The lowest BCUT2D eigenvalue weighted by Gasteiger charge is -2.23. The van der Waals surface area contributed by atoms with Crippen molar-refractivity contribution in [1.82, 2.24) is 5.32 Å². The lowest BCUT2D eigenvalue weighted by atomic mass is 9.89. The van der Waals surface area contributed by atoms with Gasteiger partial charge in [0, 0.05) is 18.7 Å². The maximum absolute atomic E-state index is 12.1. The van der Waals surface area contributed by atoms with Gasteiger partial charge in [-0.25, -0.2) is 0 Å². The Balaban J connectivity index is 1.94. The molecular weight excluding hydrogens is 224 g/mol. The fraction of sp³-hybridized carbons (Fsp3) is 0.533. The lowest BCUT2D eigenvalue weighted by Crippen LogP contribution is -2.34. The van der Waals surface area contributed by atoms with E-state index in [0.717, 1.165) is 12.1 Å². The molecule has 3 nitrogen and oxygen atoms in total. The summed E-state index contributed by atoms with van der Waals surface area (Å²) in [5, 5.41) is 3.05. The van der Waals surface area contributed by atoms with E-state index in [0.29, 0.717) is 17.5 Å². The predicted octanol–water partition coefficient (Wildman–Crippen LogP) is 2.46. The first-order valence-electron chi connectivity index (χ1n) is 6.70. The molecule has 1 fully saturated rings. The molecule has 0 saturated heterocycles. The Bertz CT molecular complexity index is 422. The molecule has 0 bridgehead atoms. The standard InChI is InChI=1S/C15H22N2O/c1-15(7-2-3-8-15)11-17-14(18)13-6-4-5-12(9-13)10-16/h4-6,9H,2-3,7-8,10-11,16H2,1H3,(H,17,18). The van der Waals surface area contributed by atoms with Gasteiger partial charge in [0.25, 0.3) is 5.91 Å². The molecule has 0 aliphatic heterocycles. The Morgan fingerprint density at radius 1 is 1.39 bits per heavy atom. The van der Waals surface area contributed by atoms with Crippen LogP contribution in [0.3, 0.4) is 0 Å². The third-order valence-corrected chi connectivity index (χ3v) is 3.91. The van der Waals surface area contributed by atoms with Crippen molar-refractivity contribution >= 4 is 5.91 Å². The summed E-state index contributed by atoms with van der Waals surface area (Å²) in [6.07, 6.45) is 5.01. The molecule has 1 aromatic carbocycles. The first kappa shape index (κ1) is 13.1. The van der Waals surface area contributed by atoms with Crippen molar-refractivity contribution in [1.29, 1.82) is 0 Å². The number of nitrogens with two attached hydrogens (primary N) is 1. The summed E-state index contributed by atoms with van der Waals surface area (Å²) in [5.74, 6) is 0.0124. The van der Waals surface area contributed by atoms with E-state index in [1.165, 1.54) is 25.7 Å². The molecule has 1 aliphatic carbocycles. The van der Waals surface area contributed by atoms with Gasteiger partial charge in [-0.15, -0.1) is 0 Å². The van der Waals surface area contributed by atoms with Crippen molar-refractivity contribution in [3.63, 3.8) is 0 Å². The Hall–Kier alpha value is -1.35. The number of nitrogens with one attached hydrogen (secondary N) is 1. The van der Waals surface area contributed by atoms with Crippen LogP contribution in [0, 0.1) is 5.41 Å². The van der Waals surface area contributed by atoms with Gasteiger partial charge in [0.15, 0.2) is 0 Å². The monoisotopic (exact) mass is 246 g/mol. The SMILES string of the molecule is CC1(CNC(=O)c2cccc(CN)c2)CCCC1. The minimum atomic E-state index is 0.0124. The highest BCUT2D eigenvalue weighted by atomic mass is 16.1. The molecule has 2 rings (SSSR count). The van der Waals surface area contributed by atoms with Crippen LogP contribution in [0.1, 0.15) is 48.5 Å². The van der Waals surface area contributed by atoms with Crippen LogP contribution in [0.5, 0.6) is 0 Å². The Kier molecular flexibility index (Phi) is 4.02. The van der Waals surface area contributed by atoms with E-state index in [1.807, 2.05) is 24.3 Å². The minimum absolute atomic E-state index is 0.0124. The largest absolute Gasteiger partial charge is 0.351 e. The van der Waals surface area contributed by atoms with Crippen molar-refractivity contribution in [3.8, 4) is 0 Å². The Morgan fingerprint density at radius 2 is 2.11 bits per heavy atom. The number of carbonyl (C=O) groups excluding carboxylic acids is 1. The highest BCUT2D eigenvalue weighted by molar-refractivity contribution is 5.94. The van der Waals surface area contributed by atoms with E-state index in [-0.39, 0.29) is 5.91 Å². The van der Waals surface area contributed by atoms with Gasteiger partial charge in [0.1, 0.15) is 0 Å². The number of hydrogen-bond acceptors (Lipinski definition) is 2. The fourth-order valence-electron chi connectivity index (χ4n) is 2.64. The van der Waals surface area contributed by atoms with Crippen LogP contribution in [0.2, 0.25) is 0 Å². The molecule has 0 spiro atoms. The Morgan fingerprint density at radius 3 is 2.78 bits per heavy atom. The smallest absolute Gasteiger partial charge is 0.251 e. The topological polar surface area (TPSA) is 55.1 Å². The van der Waals surface area contributed by atoms with E-state index in [2.05, 4.69) is 12.2 Å². The predicted molar refractivity (Wildman–Crippen MR) is 73.2 cm³/mol. The van der Waals surface area contributed by atoms with Crippen molar-refractivity contribution in [2.24, 2.45) is 11.1 Å². The van der Waals surface area contributed by atoms with E-state index < -0.39 is 0 Å². The third kappa shape index (κ3) is 3.10. The van der Waals surface area contributed by atoms with Crippen LogP contribution < -0.4 is 11.1 Å². The normalized spacial score (nSPS) is 17.7. The van der Waals surface area contributed by atoms with Crippen LogP contribution in [0.15, 0.2) is 24.3 Å². The van der Waals surface area contributed by atoms with Crippen LogP contribution in [0.4, 0.5) is 0 Å². The molecule has 0 heterocycles. The van der Waals surface area contributed by atoms with Crippen LogP contribution in [0.25, 0.3) is 0 Å². The van der Waals surface area contributed by atoms with Gasteiger partial charge in [-0.1, -0.05) is 31.9 Å². The van der Waals surface area contributed by atoms with Gasteiger partial charge in [0.05, 0.1) is 0 Å². The van der Waals surface area contributed by atoms with Crippen LogP contribution in [-0.4, -0.2) is 12.5 Å². The summed E-state index contributed by atoms with van der Waals surface area (Å²) >= 11 is 0. The number of carbonyl (C=O) groups is 1. The molecule has 0 radical (unpaired) electrons. The molecule has 1 aliphatic rings. The molecule has 0 aromatic heterocycles. The quantitative estimate of drug-likeness (QED) is 0.857. The summed E-state index contributed by atoms with van der Waals surface area (Å²) in [7, 11) is 0. The highest BCUT2D eigenvalue weighted by Crippen LogP contribution is 2.36. The summed E-state index contributed by atoms with van der Waals surface area (Å²) in [6.45, 7) is 3.51. The second kappa shape index (κ2) is 5.53. The van der Waals surface area contributed by atoms with Crippen molar-refractivity contribution < 1.29 is 4.79 Å². The molecule has 1 amide bonds. The Labute approximate surface area is 109 Å². The number of amides is 1. The molecule has 98 valence electrons. The minimum Gasteiger partial charge on any atom is -0.351 e. The maximum atomic E-state index is 12.1. The highest BCUT2D eigenvalue weighted by Gasteiger charge is 2.28. The van der Waals surface area contributed by atoms with E-state index in [1.54, 1.807) is 0 Å². The summed E-state index contributed by atoms with van der Waals surface area (Å²) in [4.78, 5) is 12.1. The number of benzene rings is 1. The lowest BCUT2D eigenvalue weighted by molar-refractivity contribution is 0.0934. The summed E-state index contributed by atoms with van der Waals surface area (Å²) in [5.41, 5.74) is 7.58. The molecule has 0 unspecified atom stereocenters. The zero-order valence-electron chi connectivity index (χ0n) is 11.0. The number of hydrogen-bond donors (Lipinski definition) is 2. The van der Waals surface area contributed by atoms with Gasteiger partial charge in [-0.05, 0) is 36.0 Å². The van der Waals surface area contributed by atoms with E-state index in [4.69, 9.17) is 5.73 Å². The molecule has 18 heavy (non-hydrogen) atoms. The average molecular weight is 246 g/mol. The summed E-state index contributed by atoms with van der Waals surface area (Å²) in [6, 6.07) is 7.53. The number of rotatable bonds is 4. The van der Waals surface area contributed by atoms with Gasteiger partial charge >= 0.3 is 0 Å². The first-order chi connectivity index (χ1) is 8.63. The van der Waals surface area contributed by atoms with Gasteiger partial charge in [-0.2, -0.15) is 0 Å². The van der Waals surface area contributed by atoms with Crippen molar-refractivity contribution in [2.75, 3.05) is 6.54 Å². The molecule has 1 aromatic rings. The average Bonchev–Trinajstić information content (AvgIpc) is 2.83. The zero-order valence-corrected chi connectivity index (χ0v) is 11.0. The summed E-state index contributed by atoms with van der Waals surface area (Å²) < 4.78 is 0. The first-order valence-corrected chi connectivity index (χ1v) is 6.70. The van der Waals surface area contributed by atoms with Crippen molar-refractivity contribution in [2.45, 2.75) is 39.2 Å². The fourth-order valence-corrected chi connectivity index (χ4v) is 2.64. The molecule has 3 heteroatoms. The van der Waals surface area contributed by atoms with Crippen LogP contribution >= 0.6 is 0 Å². The van der Waals surface area contributed by atoms with E-state index in [9.17, 15) is 4.79 Å². The van der Waals surface area contributed by atoms with Crippen molar-refractivity contribution in [3.05, 3.63) is 35.4 Å². The molecule has 1 saturated carbocycles. The van der Waals surface area contributed by atoms with Gasteiger partial charge in [-0.3, -0.25) is 4.79 Å². The molecule has 0 atom stereocenters. The van der Waals surface area contributed by atoms with E-state index >= 15 is 0 Å². The second-order valence-electron chi connectivity index (χ2n) is 5.60. The van der Waals surface area contributed by atoms with Gasteiger partial charge < -0.3 is 11.1 Å².